The number of esters is 1. The lowest BCUT2D eigenvalue weighted by Gasteiger charge is -2.31. The zero-order valence-electron chi connectivity index (χ0n) is 12.2. The van der Waals surface area contributed by atoms with Crippen LogP contribution in [0.4, 0.5) is 0 Å². The van der Waals surface area contributed by atoms with Crippen LogP contribution in [0.25, 0.3) is 0 Å². The van der Waals surface area contributed by atoms with Gasteiger partial charge in [0.25, 0.3) is 0 Å². The number of carbonyl (C=O) groups is 2. The lowest BCUT2D eigenvalue weighted by Crippen LogP contribution is -2.40. The molecule has 0 aromatic rings. The van der Waals surface area contributed by atoms with Crippen LogP contribution in [-0.4, -0.2) is 18.9 Å². The van der Waals surface area contributed by atoms with Gasteiger partial charge < -0.3 is 4.74 Å². The summed E-state index contributed by atoms with van der Waals surface area (Å²) in [5.74, 6) is 0.488. The number of Topliss-reactive ketones (excluding diaryl/α,β-unsaturated/α-hetero) is 1. The lowest BCUT2D eigenvalue weighted by atomic mass is 9.72. The van der Waals surface area contributed by atoms with E-state index in [1.807, 2.05) is 6.92 Å². The van der Waals surface area contributed by atoms with Crippen molar-refractivity contribution in [1.29, 1.82) is 0 Å². The summed E-state index contributed by atoms with van der Waals surface area (Å²) in [6.45, 7) is 2.04. The second kappa shape index (κ2) is 6.06. The molecule has 2 aliphatic carbocycles. The first-order chi connectivity index (χ1) is 9.14. The monoisotopic (exact) mass is 266 g/mol. The van der Waals surface area contributed by atoms with Crippen LogP contribution in [0.15, 0.2) is 0 Å². The van der Waals surface area contributed by atoms with Gasteiger partial charge in [-0.05, 0) is 31.6 Å². The number of rotatable bonds is 4. The molecule has 0 N–H and O–H groups in total. The maximum atomic E-state index is 12.6. The highest BCUT2D eigenvalue weighted by Gasteiger charge is 2.54. The molecule has 2 unspecified atom stereocenters. The SMILES string of the molecule is CCC1CCC(CC2CCCCC2)(C(=O)OC)C1=O. The van der Waals surface area contributed by atoms with E-state index in [4.69, 9.17) is 4.74 Å². The van der Waals surface area contributed by atoms with Crippen molar-refractivity contribution in [2.75, 3.05) is 7.11 Å². The third-order valence-corrected chi connectivity index (χ3v) is 5.19. The minimum absolute atomic E-state index is 0.0719. The Morgan fingerprint density at radius 1 is 1.26 bits per heavy atom. The van der Waals surface area contributed by atoms with Crippen molar-refractivity contribution in [1.82, 2.24) is 0 Å². The van der Waals surface area contributed by atoms with Gasteiger partial charge >= 0.3 is 5.97 Å². The Kier molecular flexibility index (Phi) is 4.64. The molecule has 0 aliphatic heterocycles. The van der Waals surface area contributed by atoms with E-state index in [1.54, 1.807) is 0 Å². The zero-order valence-corrected chi connectivity index (χ0v) is 12.2. The predicted octanol–water partition coefficient (Wildman–Crippen LogP) is 3.51. The molecule has 0 aromatic heterocycles. The Morgan fingerprint density at radius 2 is 1.95 bits per heavy atom. The normalized spacial score (nSPS) is 32.5. The van der Waals surface area contributed by atoms with Gasteiger partial charge in [0.1, 0.15) is 5.41 Å². The number of hydrogen-bond acceptors (Lipinski definition) is 3. The van der Waals surface area contributed by atoms with Gasteiger partial charge in [0.2, 0.25) is 0 Å². The molecule has 0 saturated heterocycles. The number of ketones is 1. The summed E-state index contributed by atoms with van der Waals surface area (Å²) >= 11 is 0. The second-order valence-electron chi connectivity index (χ2n) is 6.29. The van der Waals surface area contributed by atoms with Crippen molar-refractivity contribution in [2.45, 2.75) is 64.7 Å². The number of methoxy groups -OCH3 is 1. The average molecular weight is 266 g/mol. The summed E-state index contributed by atoms with van der Waals surface area (Å²) in [4.78, 5) is 24.9. The molecule has 3 nitrogen and oxygen atoms in total. The summed E-state index contributed by atoms with van der Waals surface area (Å²) in [5, 5.41) is 0. The quantitative estimate of drug-likeness (QED) is 0.577. The fraction of sp³-hybridized carbons (Fsp3) is 0.875. The Labute approximate surface area is 116 Å². The third-order valence-electron chi connectivity index (χ3n) is 5.19. The molecule has 2 fully saturated rings. The highest BCUT2D eigenvalue weighted by atomic mass is 16.5. The minimum Gasteiger partial charge on any atom is -0.468 e. The maximum absolute atomic E-state index is 12.6. The van der Waals surface area contributed by atoms with Crippen molar-refractivity contribution >= 4 is 11.8 Å². The largest absolute Gasteiger partial charge is 0.468 e. The summed E-state index contributed by atoms with van der Waals surface area (Å²) < 4.78 is 4.98. The van der Waals surface area contributed by atoms with Gasteiger partial charge in [-0.15, -0.1) is 0 Å². The van der Waals surface area contributed by atoms with Crippen molar-refractivity contribution in [3.8, 4) is 0 Å². The zero-order chi connectivity index (χ0) is 13.9. The van der Waals surface area contributed by atoms with E-state index in [-0.39, 0.29) is 17.7 Å². The average Bonchev–Trinajstić information content (AvgIpc) is 2.77. The van der Waals surface area contributed by atoms with Gasteiger partial charge in [0.05, 0.1) is 7.11 Å². The highest BCUT2D eigenvalue weighted by Crippen LogP contribution is 2.47. The molecule has 108 valence electrons. The van der Waals surface area contributed by atoms with Crippen LogP contribution >= 0.6 is 0 Å². The van der Waals surface area contributed by atoms with E-state index in [9.17, 15) is 9.59 Å². The van der Waals surface area contributed by atoms with Gasteiger partial charge in [-0.25, -0.2) is 0 Å². The standard InChI is InChI=1S/C16H26O3/c1-3-13-9-10-16(14(13)17,15(18)19-2)11-12-7-5-4-6-8-12/h12-13H,3-11H2,1-2H3. The van der Waals surface area contributed by atoms with Gasteiger partial charge in [-0.2, -0.15) is 0 Å². The number of hydrogen-bond donors (Lipinski definition) is 0. The summed E-state index contributed by atoms with van der Waals surface area (Å²) in [6, 6.07) is 0. The van der Waals surface area contributed by atoms with Crippen LogP contribution in [0.1, 0.15) is 64.7 Å². The molecule has 3 heteroatoms. The fourth-order valence-corrected chi connectivity index (χ4v) is 4.02. The predicted molar refractivity (Wildman–Crippen MR) is 73.7 cm³/mol. The third kappa shape index (κ3) is 2.70. The summed E-state index contributed by atoms with van der Waals surface area (Å²) in [5.41, 5.74) is -0.808. The molecule has 0 spiro atoms. The first-order valence-electron chi connectivity index (χ1n) is 7.76. The van der Waals surface area contributed by atoms with Crippen LogP contribution in [0.2, 0.25) is 0 Å². The van der Waals surface area contributed by atoms with E-state index in [0.717, 1.165) is 19.3 Å². The smallest absolute Gasteiger partial charge is 0.319 e. The molecule has 2 atom stereocenters. The molecular weight excluding hydrogens is 240 g/mol. The Bertz CT molecular complexity index is 344. The maximum Gasteiger partial charge on any atom is 0.319 e. The summed E-state index contributed by atoms with van der Waals surface area (Å²) in [6.07, 6.45) is 9.27. The molecule has 0 radical (unpaired) electrons. The molecule has 0 amide bonds. The Morgan fingerprint density at radius 3 is 2.47 bits per heavy atom. The fourth-order valence-electron chi connectivity index (χ4n) is 4.02. The van der Waals surface area contributed by atoms with Crippen LogP contribution in [0.5, 0.6) is 0 Å². The Hall–Kier alpha value is -0.860. The molecular formula is C16H26O3. The number of carbonyl (C=O) groups excluding carboxylic acids is 2. The Balaban J connectivity index is 2.16. The van der Waals surface area contributed by atoms with E-state index >= 15 is 0 Å². The molecule has 0 aromatic carbocycles. The molecule has 2 rings (SSSR count). The first-order valence-corrected chi connectivity index (χ1v) is 7.76. The molecule has 0 heterocycles. The summed E-state index contributed by atoms with van der Waals surface area (Å²) in [7, 11) is 1.41. The van der Waals surface area contributed by atoms with Crippen LogP contribution < -0.4 is 0 Å². The van der Waals surface area contributed by atoms with Crippen LogP contribution in [-0.2, 0) is 14.3 Å². The highest BCUT2D eigenvalue weighted by molar-refractivity contribution is 6.06. The van der Waals surface area contributed by atoms with E-state index < -0.39 is 5.41 Å². The van der Waals surface area contributed by atoms with Crippen molar-refractivity contribution in [3.63, 3.8) is 0 Å². The molecule has 2 saturated carbocycles. The van der Waals surface area contributed by atoms with Gasteiger partial charge in [0.15, 0.2) is 5.78 Å². The van der Waals surface area contributed by atoms with Gasteiger partial charge in [0, 0.05) is 5.92 Å². The van der Waals surface area contributed by atoms with E-state index in [1.165, 1.54) is 39.2 Å². The topological polar surface area (TPSA) is 43.4 Å². The van der Waals surface area contributed by atoms with Crippen LogP contribution in [0.3, 0.4) is 0 Å². The molecule has 19 heavy (non-hydrogen) atoms. The van der Waals surface area contributed by atoms with Crippen molar-refractivity contribution in [3.05, 3.63) is 0 Å². The van der Waals surface area contributed by atoms with Crippen molar-refractivity contribution < 1.29 is 14.3 Å². The van der Waals surface area contributed by atoms with Crippen molar-refractivity contribution in [2.24, 2.45) is 17.3 Å². The first kappa shape index (κ1) is 14.5. The van der Waals surface area contributed by atoms with Crippen LogP contribution in [0, 0.1) is 17.3 Å². The minimum atomic E-state index is -0.808. The number of ether oxygens (including phenoxy) is 1. The molecule has 2 aliphatic rings. The lowest BCUT2D eigenvalue weighted by molar-refractivity contribution is -0.158. The second-order valence-corrected chi connectivity index (χ2v) is 6.29. The molecule has 0 bridgehead atoms. The van der Waals surface area contributed by atoms with Gasteiger partial charge in [-0.1, -0.05) is 39.0 Å². The van der Waals surface area contributed by atoms with E-state index in [0.29, 0.717) is 12.3 Å². The van der Waals surface area contributed by atoms with E-state index in [2.05, 4.69) is 0 Å². The van der Waals surface area contributed by atoms with Gasteiger partial charge in [-0.3, -0.25) is 9.59 Å².